The van der Waals surface area contributed by atoms with Gasteiger partial charge in [0, 0.05) is 31.5 Å². The first-order valence-electron chi connectivity index (χ1n) is 9.52. The number of hydrogen-bond acceptors (Lipinski definition) is 8. The molecule has 30 heavy (non-hydrogen) atoms. The maximum atomic E-state index is 12.9. The summed E-state index contributed by atoms with van der Waals surface area (Å²) in [5.74, 6) is -2.62. The van der Waals surface area contributed by atoms with Crippen LogP contribution in [-0.2, 0) is 28.5 Å². The second kappa shape index (κ2) is 11.2. The minimum atomic E-state index is -0.829. The Morgan fingerprint density at radius 1 is 1.07 bits per heavy atom. The van der Waals surface area contributed by atoms with Crippen molar-refractivity contribution in [3.05, 3.63) is 46.7 Å². The molecular weight excluding hydrogens is 388 g/mol. The van der Waals surface area contributed by atoms with Gasteiger partial charge in [-0.15, -0.1) is 0 Å². The maximum Gasteiger partial charge on any atom is 0.336 e. The van der Waals surface area contributed by atoms with E-state index < -0.39 is 23.8 Å². The SMILES string of the molecule is COCCOC(=O)C1=C(C)N=C(C)C(C(=O)OCCOC)C1c1cccc(C#N)c1. The van der Waals surface area contributed by atoms with Gasteiger partial charge in [0.1, 0.15) is 19.1 Å². The Hall–Kier alpha value is -3.02. The van der Waals surface area contributed by atoms with Crippen molar-refractivity contribution in [2.75, 3.05) is 40.6 Å². The second-order valence-corrected chi connectivity index (χ2v) is 6.73. The summed E-state index contributed by atoms with van der Waals surface area (Å²) in [6.45, 7) is 4.08. The number of aliphatic imine (C=N–C) groups is 1. The number of nitriles is 1. The summed E-state index contributed by atoms with van der Waals surface area (Å²) in [5, 5.41) is 9.30. The lowest BCUT2D eigenvalue weighted by Crippen LogP contribution is -2.37. The molecule has 2 unspecified atom stereocenters. The molecule has 8 nitrogen and oxygen atoms in total. The summed E-state index contributed by atoms with van der Waals surface area (Å²) >= 11 is 0. The van der Waals surface area contributed by atoms with E-state index in [2.05, 4.69) is 11.1 Å². The number of carbonyl (C=O) groups excluding carboxylic acids is 2. The Morgan fingerprint density at radius 2 is 1.73 bits per heavy atom. The predicted molar refractivity (Wildman–Crippen MR) is 109 cm³/mol. The third-order valence-corrected chi connectivity index (χ3v) is 4.73. The lowest BCUT2D eigenvalue weighted by molar-refractivity contribution is -0.148. The maximum absolute atomic E-state index is 12.9. The molecule has 2 atom stereocenters. The van der Waals surface area contributed by atoms with Gasteiger partial charge in [-0.2, -0.15) is 5.26 Å². The average molecular weight is 414 g/mol. The number of nitrogens with zero attached hydrogens (tertiary/aromatic N) is 2. The number of rotatable bonds is 9. The van der Waals surface area contributed by atoms with Crippen molar-refractivity contribution < 1.29 is 28.5 Å². The second-order valence-electron chi connectivity index (χ2n) is 6.73. The van der Waals surface area contributed by atoms with E-state index >= 15 is 0 Å². The summed E-state index contributed by atoms with van der Waals surface area (Å²) in [6.07, 6.45) is 0. The number of carbonyl (C=O) groups is 2. The van der Waals surface area contributed by atoms with Crippen LogP contribution in [0.2, 0.25) is 0 Å². The Labute approximate surface area is 176 Å². The smallest absolute Gasteiger partial charge is 0.336 e. The monoisotopic (exact) mass is 414 g/mol. The van der Waals surface area contributed by atoms with E-state index in [4.69, 9.17) is 18.9 Å². The Balaban J connectivity index is 2.50. The van der Waals surface area contributed by atoms with Gasteiger partial charge in [0.25, 0.3) is 0 Å². The zero-order chi connectivity index (χ0) is 22.1. The highest BCUT2D eigenvalue weighted by Crippen LogP contribution is 2.40. The summed E-state index contributed by atoms with van der Waals surface area (Å²) in [7, 11) is 3.02. The van der Waals surface area contributed by atoms with Gasteiger partial charge in [-0.3, -0.25) is 9.79 Å². The van der Waals surface area contributed by atoms with Crippen molar-refractivity contribution in [3.8, 4) is 6.07 Å². The van der Waals surface area contributed by atoms with E-state index in [-0.39, 0.29) is 32.0 Å². The van der Waals surface area contributed by atoms with Gasteiger partial charge in [-0.1, -0.05) is 12.1 Å². The number of methoxy groups -OCH3 is 2. The molecule has 160 valence electrons. The zero-order valence-electron chi connectivity index (χ0n) is 17.6. The summed E-state index contributed by atoms with van der Waals surface area (Å²) in [6, 6.07) is 8.90. The molecule has 0 aliphatic carbocycles. The summed E-state index contributed by atoms with van der Waals surface area (Å²) in [4.78, 5) is 30.3. The molecule has 1 aliphatic rings. The predicted octanol–water partition coefficient (Wildman–Crippen LogP) is 2.39. The highest BCUT2D eigenvalue weighted by Gasteiger charge is 2.42. The fourth-order valence-electron chi connectivity index (χ4n) is 3.38. The van der Waals surface area contributed by atoms with Crippen LogP contribution in [0.15, 0.2) is 40.5 Å². The molecule has 0 spiro atoms. The van der Waals surface area contributed by atoms with E-state index in [1.807, 2.05) is 0 Å². The molecule has 0 radical (unpaired) electrons. The molecule has 0 saturated carbocycles. The largest absolute Gasteiger partial charge is 0.463 e. The average Bonchev–Trinajstić information content (AvgIpc) is 2.73. The minimum absolute atomic E-state index is 0.0721. The van der Waals surface area contributed by atoms with E-state index in [0.29, 0.717) is 22.5 Å². The van der Waals surface area contributed by atoms with E-state index in [1.54, 1.807) is 38.1 Å². The molecule has 1 aromatic carbocycles. The van der Waals surface area contributed by atoms with Crippen LogP contribution < -0.4 is 0 Å². The lowest BCUT2D eigenvalue weighted by atomic mass is 9.75. The van der Waals surface area contributed by atoms with Crippen molar-refractivity contribution in [2.24, 2.45) is 10.9 Å². The minimum Gasteiger partial charge on any atom is -0.463 e. The number of benzene rings is 1. The number of ether oxygens (including phenoxy) is 4. The molecule has 0 N–H and O–H groups in total. The van der Waals surface area contributed by atoms with Gasteiger partial charge in [-0.25, -0.2) is 4.79 Å². The van der Waals surface area contributed by atoms with Crippen LogP contribution in [0.25, 0.3) is 0 Å². The van der Waals surface area contributed by atoms with Crippen LogP contribution in [0.5, 0.6) is 0 Å². The molecule has 1 heterocycles. The summed E-state index contributed by atoms with van der Waals surface area (Å²) in [5.41, 5.74) is 2.30. The molecule has 0 bridgehead atoms. The van der Waals surface area contributed by atoms with Crippen molar-refractivity contribution >= 4 is 17.7 Å². The zero-order valence-corrected chi connectivity index (χ0v) is 17.6. The molecule has 8 heteroatoms. The standard InChI is InChI=1S/C22H26N2O6/c1-14-18(21(25)29-10-8-27-3)20(17-7-5-6-16(12-17)13-23)19(15(2)24-14)22(26)30-11-9-28-4/h5-7,12,18,20H,8-11H2,1-4H3. The van der Waals surface area contributed by atoms with Gasteiger partial charge in [0.15, 0.2) is 0 Å². The lowest BCUT2D eigenvalue weighted by Gasteiger charge is -2.31. The van der Waals surface area contributed by atoms with Gasteiger partial charge in [0.05, 0.1) is 30.4 Å². The van der Waals surface area contributed by atoms with E-state index in [1.165, 1.54) is 14.2 Å². The first-order valence-corrected chi connectivity index (χ1v) is 9.52. The van der Waals surface area contributed by atoms with Crippen LogP contribution in [0.3, 0.4) is 0 Å². The Bertz CT molecular complexity index is 884. The third-order valence-electron chi connectivity index (χ3n) is 4.73. The quantitative estimate of drug-likeness (QED) is 0.451. The van der Waals surface area contributed by atoms with Crippen molar-refractivity contribution in [2.45, 2.75) is 19.8 Å². The van der Waals surface area contributed by atoms with Crippen LogP contribution >= 0.6 is 0 Å². The molecule has 1 aromatic rings. The fraction of sp³-hybridized carbons (Fsp3) is 0.455. The topological polar surface area (TPSA) is 107 Å². The highest BCUT2D eigenvalue weighted by molar-refractivity contribution is 6.07. The Morgan fingerprint density at radius 3 is 2.37 bits per heavy atom. The summed E-state index contributed by atoms with van der Waals surface area (Å²) < 4.78 is 20.6. The first kappa shape index (κ1) is 23.3. The van der Waals surface area contributed by atoms with Crippen molar-refractivity contribution in [3.63, 3.8) is 0 Å². The molecule has 0 saturated heterocycles. The van der Waals surface area contributed by atoms with E-state index in [0.717, 1.165) is 0 Å². The normalized spacial score (nSPS) is 18.4. The molecule has 0 fully saturated rings. The molecule has 0 amide bonds. The fourth-order valence-corrected chi connectivity index (χ4v) is 3.38. The third kappa shape index (κ3) is 5.53. The van der Waals surface area contributed by atoms with E-state index in [9.17, 15) is 14.9 Å². The van der Waals surface area contributed by atoms with Crippen LogP contribution in [0.4, 0.5) is 0 Å². The Kier molecular flexibility index (Phi) is 8.71. The highest BCUT2D eigenvalue weighted by atomic mass is 16.6. The first-order chi connectivity index (χ1) is 14.4. The molecular formula is C22H26N2O6. The van der Waals surface area contributed by atoms with Crippen LogP contribution in [0.1, 0.15) is 30.9 Å². The van der Waals surface area contributed by atoms with Gasteiger partial charge >= 0.3 is 11.9 Å². The van der Waals surface area contributed by atoms with Crippen molar-refractivity contribution in [1.82, 2.24) is 0 Å². The van der Waals surface area contributed by atoms with Gasteiger partial charge < -0.3 is 18.9 Å². The molecule has 2 rings (SSSR count). The number of esters is 2. The molecule has 1 aliphatic heterocycles. The van der Waals surface area contributed by atoms with Gasteiger partial charge in [-0.05, 0) is 31.5 Å². The number of hydrogen-bond donors (Lipinski definition) is 0. The molecule has 0 aromatic heterocycles. The van der Waals surface area contributed by atoms with Crippen LogP contribution in [-0.4, -0.2) is 58.3 Å². The van der Waals surface area contributed by atoms with Gasteiger partial charge in [0.2, 0.25) is 0 Å². The number of allylic oxidation sites excluding steroid dienone is 1. The van der Waals surface area contributed by atoms with Crippen LogP contribution in [0, 0.1) is 17.2 Å². The van der Waals surface area contributed by atoms with Crippen molar-refractivity contribution in [1.29, 1.82) is 5.26 Å².